The molecule has 1 N–H and O–H groups in total. The summed E-state index contributed by atoms with van der Waals surface area (Å²) in [5.74, 6) is 1.18. The summed E-state index contributed by atoms with van der Waals surface area (Å²) in [7, 11) is 0. The van der Waals surface area contributed by atoms with Crippen LogP contribution in [0.3, 0.4) is 0 Å². The Morgan fingerprint density at radius 1 is 1.04 bits per heavy atom. The molecule has 3 heteroatoms. The summed E-state index contributed by atoms with van der Waals surface area (Å²) in [6.45, 7) is 10.6. The molecule has 0 aliphatic heterocycles. The van der Waals surface area contributed by atoms with E-state index in [0.717, 1.165) is 44.4 Å². The summed E-state index contributed by atoms with van der Waals surface area (Å²) in [5.41, 5.74) is 0.159. The highest BCUT2D eigenvalue weighted by atomic mass is 16.6. The maximum absolute atomic E-state index is 12.9. The van der Waals surface area contributed by atoms with E-state index >= 15 is 0 Å². The fraction of sp³-hybridized carbons (Fsp3) is 0.957. The van der Waals surface area contributed by atoms with Crippen molar-refractivity contribution >= 4 is 5.78 Å². The molecule has 6 atom stereocenters. The smallest absolute Gasteiger partial charge is 0.160 e. The summed E-state index contributed by atoms with van der Waals surface area (Å²) in [6.07, 6.45) is 10.9. The number of carbonyl (C=O) groups excluding carboxylic acids is 1. The van der Waals surface area contributed by atoms with Crippen LogP contribution in [0, 0.1) is 28.6 Å². The summed E-state index contributed by atoms with van der Waals surface area (Å²) in [6, 6.07) is 0. The fourth-order valence-electron chi connectivity index (χ4n) is 6.48. The number of fused-ring (bicyclic) bond motifs is 2. The third-order valence-corrected chi connectivity index (χ3v) is 8.46. The number of carbonyl (C=O) groups is 1. The van der Waals surface area contributed by atoms with E-state index in [1.807, 2.05) is 0 Å². The molecule has 150 valence electrons. The van der Waals surface area contributed by atoms with Crippen LogP contribution in [0.1, 0.15) is 98.8 Å². The van der Waals surface area contributed by atoms with E-state index in [2.05, 4.69) is 20.8 Å². The van der Waals surface area contributed by atoms with Crippen LogP contribution in [0.25, 0.3) is 0 Å². The number of ether oxygens (including phenoxy) is 1. The Bertz CT molecular complexity index is 522. The molecule has 3 saturated carbocycles. The van der Waals surface area contributed by atoms with E-state index in [1.54, 1.807) is 13.8 Å². The van der Waals surface area contributed by atoms with Gasteiger partial charge in [-0.05, 0) is 88.4 Å². The minimum absolute atomic E-state index is 0.0537. The van der Waals surface area contributed by atoms with Crippen molar-refractivity contribution in [2.24, 2.45) is 28.6 Å². The molecule has 0 aromatic rings. The van der Waals surface area contributed by atoms with Crippen LogP contribution < -0.4 is 0 Å². The van der Waals surface area contributed by atoms with E-state index in [0.29, 0.717) is 23.0 Å². The number of aliphatic hydroxyl groups is 1. The van der Waals surface area contributed by atoms with Crippen LogP contribution in [-0.2, 0) is 9.53 Å². The van der Waals surface area contributed by atoms with Gasteiger partial charge < -0.3 is 9.84 Å². The number of Topliss-reactive ketones (excluding diaryl/α,β-unsaturated/α-hetero) is 1. The summed E-state index contributed by atoms with van der Waals surface area (Å²) >= 11 is 0. The molecular formula is C23H40O3. The van der Waals surface area contributed by atoms with E-state index in [1.165, 1.54) is 25.7 Å². The van der Waals surface area contributed by atoms with E-state index in [-0.39, 0.29) is 11.5 Å². The first kappa shape index (κ1) is 20.3. The first-order valence-corrected chi connectivity index (χ1v) is 11.0. The van der Waals surface area contributed by atoms with Gasteiger partial charge in [-0.25, -0.2) is 0 Å². The molecule has 0 spiro atoms. The number of ketones is 1. The summed E-state index contributed by atoms with van der Waals surface area (Å²) in [5, 5.41) is 10.3. The van der Waals surface area contributed by atoms with Gasteiger partial charge in [-0.3, -0.25) is 4.79 Å². The number of hydrogen-bond donors (Lipinski definition) is 1. The van der Waals surface area contributed by atoms with Gasteiger partial charge in [0.1, 0.15) is 5.78 Å². The van der Waals surface area contributed by atoms with Crippen molar-refractivity contribution in [3.05, 3.63) is 0 Å². The number of rotatable bonds is 2. The number of hydrogen-bond acceptors (Lipinski definition) is 3. The first-order chi connectivity index (χ1) is 12.0. The minimum atomic E-state index is -1.11. The molecule has 26 heavy (non-hydrogen) atoms. The lowest BCUT2D eigenvalue weighted by Crippen LogP contribution is -2.44. The molecule has 3 nitrogen and oxygen atoms in total. The Balaban J connectivity index is 1.89. The maximum Gasteiger partial charge on any atom is 0.160 e. The molecular weight excluding hydrogens is 324 g/mol. The van der Waals surface area contributed by atoms with Crippen LogP contribution in [0.5, 0.6) is 0 Å². The molecule has 3 aliphatic carbocycles. The zero-order valence-electron chi connectivity index (χ0n) is 17.6. The molecule has 3 fully saturated rings. The molecule has 0 radical (unpaired) electrons. The lowest BCUT2D eigenvalue weighted by Gasteiger charge is -2.46. The van der Waals surface area contributed by atoms with Gasteiger partial charge >= 0.3 is 0 Å². The van der Waals surface area contributed by atoms with Gasteiger partial charge in [0.05, 0.1) is 6.10 Å². The monoisotopic (exact) mass is 364 g/mol. The largest absolute Gasteiger partial charge is 0.366 e. The Morgan fingerprint density at radius 3 is 2.42 bits per heavy atom. The van der Waals surface area contributed by atoms with Crippen molar-refractivity contribution < 1.29 is 14.6 Å². The van der Waals surface area contributed by atoms with Crippen molar-refractivity contribution in [1.82, 2.24) is 0 Å². The first-order valence-electron chi connectivity index (χ1n) is 11.0. The van der Waals surface area contributed by atoms with E-state index < -0.39 is 5.79 Å². The third kappa shape index (κ3) is 3.90. The van der Waals surface area contributed by atoms with Gasteiger partial charge in [0.15, 0.2) is 5.79 Å². The second-order valence-electron chi connectivity index (χ2n) is 10.6. The van der Waals surface area contributed by atoms with E-state index in [9.17, 15) is 9.90 Å². The Morgan fingerprint density at radius 2 is 1.73 bits per heavy atom. The molecule has 0 amide bonds. The van der Waals surface area contributed by atoms with Gasteiger partial charge in [-0.1, -0.05) is 27.2 Å². The van der Waals surface area contributed by atoms with Gasteiger partial charge in [0.25, 0.3) is 0 Å². The Kier molecular flexibility index (Phi) is 5.63. The average molecular weight is 365 g/mol. The topological polar surface area (TPSA) is 46.5 Å². The fourth-order valence-corrected chi connectivity index (χ4v) is 6.48. The second kappa shape index (κ2) is 7.20. The highest BCUT2D eigenvalue weighted by molar-refractivity contribution is 5.85. The molecule has 0 aromatic carbocycles. The van der Waals surface area contributed by atoms with Crippen molar-refractivity contribution in [1.29, 1.82) is 0 Å². The van der Waals surface area contributed by atoms with Crippen molar-refractivity contribution in [2.45, 2.75) is 111 Å². The quantitative estimate of drug-likeness (QED) is 0.659. The Labute approximate surface area is 160 Å². The van der Waals surface area contributed by atoms with Gasteiger partial charge in [0.2, 0.25) is 0 Å². The molecule has 0 aromatic heterocycles. The van der Waals surface area contributed by atoms with E-state index in [4.69, 9.17) is 4.74 Å². The predicted octanol–water partition coefficient (Wildman–Crippen LogP) is 5.49. The van der Waals surface area contributed by atoms with Gasteiger partial charge in [-0.2, -0.15) is 0 Å². The average Bonchev–Trinajstić information content (AvgIpc) is 2.79. The maximum atomic E-state index is 12.9. The van der Waals surface area contributed by atoms with Crippen molar-refractivity contribution in [3.8, 4) is 0 Å². The van der Waals surface area contributed by atoms with Crippen LogP contribution in [0.2, 0.25) is 0 Å². The van der Waals surface area contributed by atoms with Gasteiger partial charge in [0, 0.05) is 11.8 Å². The molecule has 0 bridgehead atoms. The van der Waals surface area contributed by atoms with Crippen LogP contribution >= 0.6 is 0 Å². The highest BCUT2D eigenvalue weighted by Crippen LogP contribution is 2.55. The zero-order chi connectivity index (χ0) is 19.2. The van der Waals surface area contributed by atoms with Gasteiger partial charge in [-0.15, -0.1) is 0 Å². The lowest BCUT2D eigenvalue weighted by molar-refractivity contribution is -0.217. The summed E-state index contributed by atoms with van der Waals surface area (Å²) < 4.78 is 6.17. The molecule has 0 saturated heterocycles. The Hall–Kier alpha value is -0.410. The molecule has 3 aliphatic rings. The molecule has 2 unspecified atom stereocenters. The second-order valence-corrected chi connectivity index (χ2v) is 10.6. The van der Waals surface area contributed by atoms with Crippen molar-refractivity contribution in [3.63, 3.8) is 0 Å². The van der Waals surface area contributed by atoms with Crippen LogP contribution in [0.4, 0.5) is 0 Å². The van der Waals surface area contributed by atoms with Crippen LogP contribution in [-0.4, -0.2) is 22.8 Å². The molecule has 3 rings (SSSR count). The zero-order valence-corrected chi connectivity index (χ0v) is 17.6. The standard InChI is InChI=1S/C23H40O3/c1-16-10-11-18-15-19(26-21(2,3)25)14-17-8-6-9-20(24)23(17,5)13-7-12-22(16,18)4/h16-19,25H,6-15H2,1-5H3/t16-,17?,18?,19-,22+,23+/m0/s1. The summed E-state index contributed by atoms with van der Waals surface area (Å²) in [4.78, 5) is 12.9. The van der Waals surface area contributed by atoms with Crippen LogP contribution in [0.15, 0.2) is 0 Å². The third-order valence-electron chi connectivity index (χ3n) is 8.46. The normalized spacial score (nSPS) is 45.1. The van der Waals surface area contributed by atoms with Crippen molar-refractivity contribution in [2.75, 3.05) is 0 Å². The molecule has 0 heterocycles. The highest BCUT2D eigenvalue weighted by Gasteiger charge is 2.49. The SMILES string of the molecule is C[C@H]1CCC2C[C@@H](OC(C)(C)O)CC3CCCC(=O)[C@]3(C)CCC[C@@]21C. The predicted molar refractivity (Wildman–Crippen MR) is 105 cm³/mol. The minimum Gasteiger partial charge on any atom is -0.366 e. The lowest BCUT2D eigenvalue weighted by atomic mass is 9.59.